The number of nitrogens with two attached hydrogens (primary N) is 1. The van der Waals surface area contributed by atoms with Gasteiger partial charge in [0.25, 0.3) is 5.91 Å². The van der Waals surface area contributed by atoms with E-state index in [0.29, 0.717) is 23.0 Å². The lowest BCUT2D eigenvalue weighted by Gasteiger charge is -2.21. The lowest BCUT2D eigenvalue weighted by atomic mass is 10.0. The summed E-state index contributed by atoms with van der Waals surface area (Å²) < 4.78 is 0. The number of amides is 1. The van der Waals surface area contributed by atoms with Gasteiger partial charge in [-0.15, -0.1) is 0 Å². The topological polar surface area (TPSA) is 59.2 Å². The molecular formula is C13H20ClN3O. The lowest BCUT2D eigenvalue weighted by molar-refractivity contribution is 0.0789. The predicted octanol–water partition coefficient (Wildman–Crippen LogP) is 2.18. The van der Waals surface area contributed by atoms with Crippen LogP contribution in [0.25, 0.3) is 0 Å². The lowest BCUT2D eigenvalue weighted by Crippen LogP contribution is -2.34. The van der Waals surface area contributed by atoms with Gasteiger partial charge < -0.3 is 10.6 Å². The largest absolute Gasteiger partial charge is 0.342 e. The molecule has 1 atom stereocenters. The van der Waals surface area contributed by atoms with Gasteiger partial charge in [0, 0.05) is 32.0 Å². The van der Waals surface area contributed by atoms with Gasteiger partial charge in [-0.2, -0.15) is 0 Å². The number of carbonyl (C=O) groups excluding carboxylic acids is 1. The molecule has 0 aliphatic heterocycles. The molecule has 0 aliphatic carbocycles. The van der Waals surface area contributed by atoms with Crippen molar-refractivity contribution in [2.45, 2.75) is 26.3 Å². The number of aromatic nitrogens is 1. The molecule has 100 valence electrons. The average molecular weight is 270 g/mol. The third kappa shape index (κ3) is 3.96. The second kappa shape index (κ2) is 6.71. The van der Waals surface area contributed by atoms with E-state index in [1.54, 1.807) is 24.2 Å². The van der Waals surface area contributed by atoms with E-state index in [1.165, 1.54) is 6.20 Å². The van der Waals surface area contributed by atoms with Crippen LogP contribution < -0.4 is 5.73 Å². The van der Waals surface area contributed by atoms with Crippen molar-refractivity contribution in [2.24, 2.45) is 11.7 Å². The highest BCUT2D eigenvalue weighted by Crippen LogP contribution is 2.15. The third-order valence-corrected chi connectivity index (χ3v) is 3.30. The number of halogens is 1. The molecule has 1 unspecified atom stereocenters. The zero-order valence-electron chi connectivity index (χ0n) is 11.1. The Balaban J connectivity index is 2.60. The van der Waals surface area contributed by atoms with Crippen molar-refractivity contribution in [1.82, 2.24) is 9.88 Å². The molecule has 1 aromatic rings. The molecule has 0 fully saturated rings. The van der Waals surface area contributed by atoms with Gasteiger partial charge in [0.05, 0.1) is 10.6 Å². The first-order valence-electron chi connectivity index (χ1n) is 6.04. The van der Waals surface area contributed by atoms with Crippen LogP contribution in [0.1, 0.15) is 30.6 Å². The molecule has 18 heavy (non-hydrogen) atoms. The second-order valence-electron chi connectivity index (χ2n) is 4.78. The molecule has 1 amide bonds. The van der Waals surface area contributed by atoms with E-state index < -0.39 is 0 Å². The molecule has 0 bridgehead atoms. The van der Waals surface area contributed by atoms with E-state index in [-0.39, 0.29) is 11.9 Å². The Hall–Kier alpha value is -1.13. The highest BCUT2D eigenvalue weighted by Gasteiger charge is 2.16. The van der Waals surface area contributed by atoms with Crippen LogP contribution in [0.5, 0.6) is 0 Å². The van der Waals surface area contributed by atoms with Crippen LogP contribution in [-0.2, 0) is 0 Å². The summed E-state index contributed by atoms with van der Waals surface area (Å²) in [5.74, 6) is 0.316. The Morgan fingerprint density at radius 2 is 2.22 bits per heavy atom. The quantitative estimate of drug-likeness (QED) is 0.891. The van der Waals surface area contributed by atoms with Gasteiger partial charge in [0.15, 0.2) is 0 Å². The predicted molar refractivity (Wildman–Crippen MR) is 73.6 cm³/mol. The van der Waals surface area contributed by atoms with Crippen LogP contribution in [0.2, 0.25) is 5.02 Å². The van der Waals surface area contributed by atoms with Crippen LogP contribution in [0.15, 0.2) is 18.5 Å². The molecule has 0 aliphatic rings. The van der Waals surface area contributed by atoms with E-state index in [1.807, 2.05) is 0 Å². The summed E-state index contributed by atoms with van der Waals surface area (Å²) in [6.45, 7) is 4.77. The summed E-state index contributed by atoms with van der Waals surface area (Å²) >= 11 is 5.94. The first-order valence-corrected chi connectivity index (χ1v) is 6.41. The van der Waals surface area contributed by atoms with Crippen LogP contribution in [-0.4, -0.2) is 35.4 Å². The normalized spacial score (nSPS) is 12.6. The average Bonchev–Trinajstić information content (AvgIpc) is 2.35. The summed E-state index contributed by atoms with van der Waals surface area (Å²) in [6, 6.07) is 1.73. The molecular weight excluding hydrogens is 250 g/mol. The van der Waals surface area contributed by atoms with Gasteiger partial charge in [-0.3, -0.25) is 9.78 Å². The minimum absolute atomic E-state index is 0.0987. The Morgan fingerprint density at radius 3 is 2.78 bits per heavy atom. The van der Waals surface area contributed by atoms with Crippen molar-refractivity contribution in [3.63, 3.8) is 0 Å². The van der Waals surface area contributed by atoms with Crippen molar-refractivity contribution in [2.75, 3.05) is 13.6 Å². The summed E-state index contributed by atoms with van der Waals surface area (Å²) in [7, 11) is 1.76. The minimum atomic E-state index is -0.0987. The van der Waals surface area contributed by atoms with Crippen molar-refractivity contribution in [3.8, 4) is 0 Å². The van der Waals surface area contributed by atoms with Gasteiger partial charge >= 0.3 is 0 Å². The molecule has 1 heterocycles. The number of pyridine rings is 1. The molecule has 4 nitrogen and oxygen atoms in total. The molecule has 5 heteroatoms. The summed E-state index contributed by atoms with van der Waals surface area (Å²) in [5, 5.41) is 0.377. The van der Waals surface area contributed by atoms with Gasteiger partial charge in [-0.25, -0.2) is 0 Å². The van der Waals surface area contributed by atoms with E-state index >= 15 is 0 Å². The highest BCUT2D eigenvalue weighted by molar-refractivity contribution is 6.33. The molecule has 1 aromatic heterocycles. The van der Waals surface area contributed by atoms with Gasteiger partial charge in [0.2, 0.25) is 0 Å². The Labute approximate surface area is 113 Å². The van der Waals surface area contributed by atoms with Crippen LogP contribution >= 0.6 is 11.6 Å². The number of hydrogen-bond acceptors (Lipinski definition) is 3. The number of hydrogen-bond donors (Lipinski definition) is 1. The van der Waals surface area contributed by atoms with Crippen molar-refractivity contribution >= 4 is 17.5 Å². The maximum Gasteiger partial charge on any atom is 0.255 e. The van der Waals surface area contributed by atoms with Gasteiger partial charge in [-0.05, 0) is 18.4 Å². The maximum absolute atomic E-state index is 12.1. The zero-order chi connectivity index (χ0) is 13.7. The number of nitrogens with zero attached hydrogens (tertiary/aromatic N) is 2. The monoisotopic (exact) mass is 269 g/mol. The van der Waals surface area contributed by atoms with Crippen LogP contribution in [0.4, 0.5) is 0 Å². The third-order valence-electron chi connectivity index (χ3n) is 3.00. The fraction of sp³-hybridized carbons (Fsp3) is 0.538. The van der Waals surface area contributed by atoms with Gasteiger partial charge in [0.1, 0.15) is 0 Å². The van der Waals surface area contributed by atoms with Crippen LogP contribution in [0, 0.1) is 5.92 Å². The van der Waals surface area contributed by atoms with E-state index in [2.05, 4.69) is 18.8 Å². The zero-order valence-corrected chi connectivity index (χ0v) is 11.8. The molecule has 0 aromatic carbocycles. The first kappa shape index (κ1) is 14.9. The van der Waals surface area contributed by atoms with E-state index in [9.17, 15) is 4.79 Å². The minimum Gasteiger partial charge on any atom is -0.342 e. The van der Waals surface area contributed by atoms with Crippen molar-refractivity contribution in [1.29, 1.82) is 0 Å². The molecule has 1 rings (SSSR count). The molecule has 0 spiro atoms. The van der Waals surface area contributed by atoms with E-state index in [4.69, 9.17) is 17.3 Å². The summed E-state index contributed by atoms with van der Waals surface area (Å²) in [6.07, 6.45) is 3.82. The highest BCUT2D eigenvalue weighted by atomic mass is 35.5. The van der Waals surface area contributed by atoms with Crippen molar-refractivity contribution < 1.29 is 4.79 Å². The Kier molecular flexibility index (Phi) is 5.56. The fourth-order valence-corrected chi connectivity index (χ4v) is 1.73. The van der Waals surface area contributed by atoms with Crippen molar-refractivity contribution in [3.05, 3.63) is 29.0 Å². The first-order chi connectivity index (χ1) is 8.43. The molecule has 0 radical (unpaired) electrons. The molecule has 0 saturated heterocycles. The molecule has 0 saturated carbocycles. The Bertz CT molecular complexity index is 409. The summed E-state index contributed by atoms with van der Waals surface area (Å²) in [4.78, 5) is 17.6. The van der Waals surface area contributed by atoms with Gasteiger partial charge in [-0.1, -0.05) is 25.4 Å². The smallest absolute Gasteiger partial charge is 0.255 e. The maximum atomic E-state index is 12.1. The number of rotatable bonds is 5. The van der Waals surface area contributed by atoms with Crippen LogP contribution in [0.3, 0.4) is 0 Å². The fourth-order valence-electron chi connectivity index (χ4n) is 1.53. The second-order valence-corrected chi connectivity index (χ2v) is 5.19. The molecule has 2 N–H and O–H groups in total. The van der Waals surface area contributed by atoms with E-state index in [0.717, 1.165) is 6.42 Å². The Morgan fingerprint density at radius 1 is 1.56 bits per heavy atom. The number of carbonyl (C=O) groups is 1. The standard InChI is InChI=1S/C13H20ClN3O/c1-9(2)12(15)5-7-17(3)13(18)10-4-6-16-8-11(10)14/h4,6,8-9,12H,5,7,15H2,1-3H3. The summed E-state index contributed by atoms with van der Waals surface area (Å²) in [5.41, 5.74) is 6.44. The SMILES string of the molecule is CC(C)C(N)CCN(C)C(=O)c1ccncc1Cl.